The minimum absolute atomic E-state index is 0.157. The predicted octanol–water partition coefficient (Wildman–Crippen LogP) is 1.13. The summed E-state index contributed by atoms with van der Waals surface area (Å²) in [6.07, 6.45) is 2.42. The van der Waals surface area contributed by atoms with Crippen LogP contribution in [0.25, 0.3) is 0 Å². The van der Waals surface area contributed by atoms with Gasteiger partial charge < -0.3 is 15.6 Å². The van der Waals surface area contributed by atoms with Gasteiger partial charge in [0.05, 0.1) is 12.1 Å². The summed E-state index contributed by atoms with van der Waals surface area (Å²) in [5.74, 6) is -0.676. The molecule has 2 unspecified atom stereocenters. The van der Waals surface area contributed by atoms with Crippen molar-refractivity contribution < 1.29 is 9.59 Å². The first-order chi connectivity index (χ1) is 11.5. The highest BCUT2D eigenvalue weighted by molar-refractivity contribution is 5.98. The second kappa shape index (κ2) is 6.31. The van der Waals surface area contributed by atoms with Gasteiger partial charge in [-0.2, -0.15) is 0 Å². The number of hydrogen-bond donors (Lipinski definition) is 2. The highest BCUT2D eigenvalue weighted by atomic mass is 16.2. The molecule has 124 valence electrons. The minimum atomic E-state index is -0.837. The SMILES string of the molecule is CC1CC1NC(=O)c1cc(C(N)=O)c(=O)n(Cc2ccccc2)c1. The number of carbonyl (C=O) groups excluding carboxylic acids is 2. The lowest BCUT2D eigenvalue weighted by Gasteiger charge is -2.11. The Kier molecular flexibility index (Phi) is 4.20. The van der Waals surface area contributed by atoms with E-state index in [4.69, 9.17) is 5.73 Å². The number of pyridine rings is 1. The van der Waals surface area contributed by atoms with Crippen molar-refractivity contribution in [1.29, 1.82) is 0 Å². The lowest BCUT2D eigenvalue weighted by molar-refractivity contribution is 0.0948. The zero-order valence-corrected chi connectivity index (χ0v) is 13.4. The van der Waals surface area contributed by atoms with Gasteiger partial charge in [-0.25, -0.2) is 0 Å². The van der Waals surface area contributed by atoms with Crippen LogP contribution in [-0.2, 0) is 6.54 Å². The summed E-state index contributed by atoms with van der Waals surface area (Å²) in [7, 11) is 0. The lowest BCUT2D eigenvalue weighted by Crippen LogP contribution is -2.33. The Labute approximate surface area is 139 Å². The zero-order chi connectivity index (χ0) is 17.3. The molecule has 1 aromatic heterocycles. The number of hydrogen-bond acceptors (Lipinski definition) is 3. The van der Waals surface area contributed by atoms with Gasteiger partial charge in [0.25, 0.3) is 17.4 Å². The summed E-state index contributed by atoms with van der Waals surface area (Å²) in [5.41, 5.74) is 5.78. The van der Waals surface area contributed by atoms with Crippen LogP contribution in [0, 0.1) is 5.92 Å². The fraction of sp³-hybridized carbons (Fsp3) is 0.278. The third-order valence-corrected chi connectivity index (χ3v) is 4.24. The Hall–Kier alpha value is -2.89. The van der Waals surface area contributed by atoms with Crippen molar-refractivity contribution in [3.63, 3.8) is 0 Å². The molecule has 2 atom stereocenters. The van der Waals surface area contributed by atoms with Gasteiger partial charge in [-0.1, -0.05) is 37.3 Å². The third-order valence-electron chi connectivity index (χ3n) is 4.24. The zero-order valence-electron chi connectivity index (χ0n) is 13.4. The van der Waals surface area contributed by atoms with E-state index in [-0.39, 0.29) is 29.6 Å². The highest BCUT2D eigenvalue weighted by Gasteiger charge is 2.34. The maximum absolute atomic E-state index is 12.4. The number of nitrogens with one attached hydrogen (secondary N) is 1. The number of benzene rings is 1. The predicted molar refractivity (Wildman–Crippen MR) is 89.8 cm³/mol. The molecule has 0 saturated heterocycles. The van der Waals surface area contributed by atoms with Gasteiger partial charge in [0.15, 0.2) is 0 Å². The molecule has 0 aliphatic heterocycles. The van der Waals surface area contributed by atoms with Crippen molar-refractivity contribution in [3.05, 3.63) is 69.6 Å². The number of amides is 2. The smallest absolute Gasteiger partial charge is 0.263 e. The molecule has 3 N–H and O–H groups in total. The molecule has 24 heavy (non-hydrogen) atoms. The van der Waals surface area contributed by atoms with Gasteiger partial charge in [-0.15, -0.1) is 0 Å². The molecule has 1 fully saturated rings. The number of aromatic nitrogens is 1. The van der Waals surface area contributed by atoms with E-state index in [0.29, 0.717) is 5.92 Å². The number of carbonyl (C=O) groups is 2. The number of nitrogens with zero attached hydrogens (tertiary/aromatic N) is 1. The van der Waals surface area contributed by atoms with E-state index < -0.39 is 11.5 Å². The second-order valence-corrected chi connectivity index (χ2v) is 6.22. The summed E-state index contributed by atoms with van der Waals surface area (Å²) in [5, 5.41) is 2.89. The molecule has 6 nitrogen and oxygen atoms in total. The van der Waals surface area contributed by atoms with Gasteiger partial charge in [0.1, 0.15) is 5.56 Å². The van der Waals surface area contributed by atoms with Crippen LogP contribution in [0.3, 0.4) is 0 Å². The highest BCUT2D eigenvalue weighted by Crippen LogP contribution is 2.29. The molecule has 6 heteroatoms. The maximum atomic E-state index is 12.4. The molecule has 2 aromatic rings. The summed E-state index contributed by atoms with van der Waals surface area (Å²) < 4.78 is 1.35. The second-order valence-electron chi connectivity index (χ2n) is 6.22. The van der Waals surface area contributed by atoms with Crippen LogP contribution in [0.1, 0.15) is 39.6 Å². The van der Waals surface area contributed by atoms with Gasteiger partial charge in [0, 0.05) is 12.2 Å². The van der Waals surface area contributed by atoms with E-state index in [0.717, 1.165) is 12.0 Å². The van der Waals surface area contributed by atoms with Gasteiger partial charge in [0.2, 0.25) is 0 Å². The molecule has 1 aliphatic rings. The van der Waals surface area contributed by atoms with Crippen molar-refractivity contribution in [3.8, 4) is 0 Å². The van der Waals surface area contributed by atoms with Crippen molar-refractivity contribution in [2.45, 2.75) is 25.9 Å². The van der Waals surface area contributed by atoms with Crippen LogP contribution < -0.4 is 16.6 Å². The molecule has 1 aromatic carbocycles. The van der Waals surface area contributed by atoms with E-state index in [9.17, 15) is 14.4 Å². The Morgan fingerprint density at radius 3 is 2.54 bits per heavy atom. The normalized spacial score (nSPS) is 18.9. The minimum Gasteiger partial charge on any atom is -0.365 e. The van der Waals surface area contributed by atoms with Crippen LogP contribution in [0.15, 0.2) is 47.4 Å². The molecule has 3 rings (SSSR count). The van der Waals surface area contributed by atoms with E-state index >= 15 is 0 Å². The largest absolute Gasteiger partial charge is 0.365 e. The topological polar surface area (TPSA) is 94.2 Å². The average Bonchev–Trinajstić information content (AvgIpc) is 3.24. The molecule has 0 spiro atoms. The summed E-state index contributed by atoms with van der Waals surface area (Å²) in [6, 6.07) is 10.8. The van der Waals surface area contributed by atoms with E-state index in [1.165, 1.54) is 16.8 Å². The number of nitrogens with two attached hydrogens (primary N) is 1. The van der Waals surface area contributed by atoms with Crippen LogP contribution in [0.5, 0.6) is 0 Å². The Balaban J connectivity index is 1.96. The number of rotatable bonds is 5. The molecule has 1 aliphatic carbocycles. The van der Waals surface area contributed by atoms with Crippen molar-refractivity contribution >= 4 is 11.8 Å². The van der Waals surface area contributed by atoms with Gasteiger partial charge >= 0.3 is 0 Å². The van der Waals surface area contributed by atoms with Crippen molar-refractivity contribution in [2.75, 3.05) is 0 Å². The van der Waals surface area contributed by atoms with E-state index in [1.54, 1.807) is 0 Å². The summed E-state index contributed by atoms with van der Waals surface area (Å²) >= 11 is 0. The Bertz CT molecular complexity index is 842. The standard InChI is InChI=1S/C18H19N3O3/c1-11-7-15(11)20-17(23)13-8-14(16(19)22)18(24)21(10-13)9-12-5-3-2-4-6-12/h2-6,8,10-11,15H,7,9H2,1H3,(H2,19,22)(H,20,23). The Morgan fingerprint density at radius 1 is 1.29 bits per heavy atom. The van der Waals surface area contributed by atoms with E-state index in [2.05, 4.69) is 12.2 Å². The summed E-state index contributed by atoms with van der Waals surface area (Å²) in [4.78, 5) is 36.3. The van der Waals surface area contributed by atoms with Crippen LogP contribution in [0.4, 0.5) is 0 Å². The molecule has 0 bridgehead atoms. The number of primary amides is 1. The van der Waals surface area contributed by atoms with Gasteiger partial charge in [-0.3, -0.25) is 14.4 Å². The molecular weight excluding hydrogens is 306 g/mol. The van der Waals surface area contributed by atoms with Crippen LogP contribution in [0.2, 0.25) is 0 Å². The quantitative estimate of drug-likeness (QED) is 0.863. The monoisotopic (exact) mass is 325 g/mol. The van der Waals surface area contributed by atoms with Gasteiger partial charge in [-0.05, 0) is 24.0 Å². The average molecular weight is 325 g/mol. The van der Waals surface area contributed by atoms with Crippen LogP contribution in [-0.4, -0.2) is 22.4 Å². The van der Waals surface area contributed by atoms with Crippen molar-refractivity contribution in [2.24, 2.45) is 11.7 Å². The first kappa shape index (κ1) is 16.0. The van der Waals surface area contributed by atoms with Crippen LogP contribution >= 0.6 is 0 Å². The third kappa shape index (κ3) is 3.37. The molecule has 1 heterocycles. The van der Waals surface area contributed by atoms with E-state index in [1.807, 2.05) is 30.3 Å². The summed E-state index contributed by atoms with van der Waals surface area (Å²) in [6.45, 7) is 2.32. The lowest BCUT2D eigenvalue weighted by atomic mass is 10.1. The molecule has 0 radical (unpaired) electrons. The first-order valence-electron chi connectivity index (χ1n) is 7.85. The first-order valence-corrected chi connectivity index (χ1v) is 7.85. The van der Waals surface area contributed by atoms with Crippen molar-refractivity contribution in [1.82, 2.24) is 9.88 Å². The fourth-order valence-electron chi connectivity index (χ4n) is 2.61. The maximum Gasteiger partial charge on any atom is 0.263 e. The molecule has 2 amide bonds. The Morgan fingerprint density at radius 2 is 1.96 bits per heavy atom. The fourth-order valence-corrected chi connectivity index (χ4v) is 2.61. The molecular formula is C18H19N3O3. The molecule has 1 saturated carbocycles.